The Morgan fingerprint density at radius 3 is 2.57 bits per heavy atom. The van der Waals surface area contributed by atoms with Crippen molar-refractivity contribution in [1.82, 2.24) is 0 Å². The zero-order valence-corrected chi connectivity index (χ0v) is 13.4. The number of rotatable bonds is 6. The summed E-state index contributed by atoms with van der Waals surface area (Å²) < 4.78 is 25.1. The van der Waals surface area contributed by atoms with Crippen LogP contribution in [0.5, 0.6) is 0 Å². The van der Waals surface area contributed by atoms with E-state index >= 15 is 0 Å². The second kappa shape index (κ2) is 7.19. The highest BCUT2D eigenvalue weighted by molar-refractivity contribution is 7.84. The molecule has 0 aliphatic heterocycles. The van der Waals surface area contributed by atoms with Gasteiger partial charge in [-0.3, -0.25) is 14.3 Å². The van der Waals surface area contributed by atoms with Gasteiger partial charge in [-0.25, -0.2) is 4.39 Å². The van der Waals surface area contributed by atoms with Crippen molar-refractivity contribution >= 4 is 27.9 Å². The summed E-state index contributed by atoms with van der Waals surface area (Å²) >= 11 is 0. The van der Waals surface area contributed by atoms with Gasteiger partial charge in [-0.2, -0.15) is 0 Å². The highest BCUT2D eigenvalue weighted by Crippen LogP contribution is 2.25. The molecule has 122 valence electrons. The number of nitro groups is 1. The molecule has 0 saturated carbocycles. The summed E-state index contributed by atoms with van der Waals surface area (Å²) in [6, 6.07) is 9.17. The molecule has 2 N–H and O–H groups in total. The van der Waals surface area contributed by atoms with Crippen LogP contribution in [0.2, 0.25) is 0 Å². The van der Waals surface area contributed by atoms with Crippen LogP contribution in [-0.2, 0) is 17.3 Å². The number of nitrogens with zero attached hydrogens (tertiary/aromatic N) is 1. The number of anilines is 2. The fraction of sp³-hybridized carbons (Fsp3) is 0.200. The minimum Gasteiger partial charge on any atom is -0.383 e. The standard InChI is InChI=1S/C15H16FN3O3S/c1-17-13-5-3-10(7-14(13)19(20)21)9-18-11-4-6-15(23(2)22)12(16)8-11/h3-8,17-18H,9H2,1-2H3. The molecule has 0 radical (unpaired) electrons. The second-order valence-electron chi connectivity index (χ2n) is 4.81. The molecule has 1 atom stereocenters. The average Bonchev–Trinajstić information content (AvgIpc) is 2.52. The van der Waals surface area contributed by atoms with Crippen molar-refractivity contribution < 1.29 is 13.5 Å². The zero-order chi connectivity index (χ0) is 17.0. The van der Waals surface area contributed by atoms with Gasteiger partial charge in [0.05, 0.1) is 20.6 Å². The molecule has 6 nitrogen and oxygen atoms in total. The summed E-state index contributed by atoms with van der Waals surface area (Å²) in [4.78, 5) is 10.7. The molecule has 0 aliphatic rings. The minimum absolute atomic E-state index is 0.0188. The van der Waals surface area contributed by atoms with Crippen LogP contribution in [0.1, 0.15) is 5.56 Å². The normalized spacial score (nSPS) is 11.8. The predicted octanol–water partition coefficient (Wildman–Crippen LogP) is 3.13. The van der Waals surface area contributed by atoms with Crippen LogP contribution in [-0.4, -0.2) is 22.4 Å². The first-order chi connectivity index (χ1) is 10.9. The Balaban J connectivity index is 2.15. The number of nitro benzene ring substituents is 1. The third kappa shape index (κ3) is 4.04. The number of halogens is 1. The Morgan fingerprint density at radius 1 is 1.26 bits per heavy atom. The molecule has 2 rings (SSSR count). The van der Waals surface area contributed by atoms with E-state index in [1.54, 1.807) is 25.2 Å². The highest BCUT2D eigenvalue weighted by Gasteiger charge is 2.13. The zero-order valence-electron chi connectivity index (χ0n) is 12.6. The molecule has 0 fully saturated rings. The first-order valence-corrected chi connectivity index (χ1v) is 8.30. The van der Waals surface area contributed by atoms with Gasteiger partial charge in [0.2, 0.25) is 0 Å². The summed E-state index contributed by atoms with van der Waals surface area (Å²) in [5.74, 6) is -0.549. The summed E-state index contributed by atoms with van der Waals surface area (Å²) in [5, 5.41) is 16.8. The van der Waals surface area contributed by atoms with Gasteiger partial charge in [0, 0.05) is 31.6 Å². The highest BCUT2D eigenvalue weighted by atomic mass is 32.2. The van der Waals surface area contributed by atoms with E-state index in [1.165, 1.54) is 24.5 Å². The van der Waals surface area contributed by atoms with E-state index in [-0.39, 0.29) is 10.6 Å². The van der Waals surface area contributed by atoms with Gasteiger partial charge in [0.1, 0.15) is 11.5 Å². The van der Waals surface area contributed by atoms with Crippen LogP contribution in [0.4, 0.5) is 21.5 Å². The van der Waals surface area contributed by atoms with E-state index in [0.717, 1.165) is 0 Å². The number of benzene rings is 2. The molecule has 0 bridgehead atoms. The van der Waals surface area contributed by atoms with Gasteiger partial charge in [0.15, 0.2) is 0 Å². The van der Waals surface area contributed by atoms with Crippen LogP contribution in [0.25, 0.3) is 0 Å². The smallest absolute Gasteiger partial charge is 0.292 e. The Kier molecular flexibility index (Phi) is 5.28. The lowest BCUT2D eigenvalue weighted by molar-refractivity contribution is -0.384. The maximum atomic E-state index is 13.8. The van der Waals surface area contributed by atoms with Crippen molar-refractivity contribution in [1.29, 1.82) is 0 Å². The van der Waals surface area contributed by atoms with Crippen LogP contribution in [0.3, 0.4) is 0 Å². The topological polar surface area (TPSA) is 84.3 Å². The van der Waals surface area contributed by atoms with E-state index in [0.29, 0.717) is 23.5 Å². The van der Waals surface area contributed by atoms with Gasteiger partial charge in [0.25, 0.3) is 5.69 Å². The molecule has 2 aromatic carbocycles. The van der Waals surface area contributed by atoms with E-state index in [1.807, 2.05) is 0 Å². The lowest BCUT2D eigenvalue weighted by atomic mass is 10.1. The van der Waals surface area contributed by atoms with Gasteiger partial charge in [-0.1, -0.05) is 6.07 Å². The van der Waals surface area contributed by atoms with Gasteiger partial charge in [-0.15, -0.1) is 0 Å². The molecule has 0 spiro atoms. The molecule has 0 saturated heterocycles. The molecular formula is C15H16FN3O3S. The van der Waals surface area contributed by atoms with Crippen molar-refractivity contribution in [2.75, 3.05) is 23.9 Å². The third-order valence-electron chi connectivity index (χ3n) is 3.27. The van der Waals surface area contributed by atoms with E-state index in [9.17, 15) is 18.7 Å². The maximum Gasteiger partial charge on any atom is 0.292 e. The summed E-state index contributed by atoms with van der Waals surface area (Å²) in [6.45, 7) is 0.304. The minimum atomic E-state index is -1.39. The molecule has 23 heavy (non-hydrogen) atoms. The monoisotopic (exact) mass is 337 g/mol. The van der Waals surface area contributed by atoms with Crippen molar-refractivity contribution in [2.45, 2.75) is 11.4 Å². The van der Waals surface area contributed by atoms with E-state index in [4.69, 9.17) is 0 Å². The maximum absolute atomic E-state index is 13.8. The molecular weight excluding hydrogens is 321 g/mol. The van der Waals surface area contributed by atoms with Crippen LogP contribution in [0.15, 0.2) is 41.3 Å². The van der Waals surface area contributed by atoms with Gasteiger partial charge >= 0.3 is 0 Å². The van der Waals surface area contributed by atoms with Crippen molar-refractivity contribution in [3.8, 4) is 0 Å². The average molecular weight is 337 g/mol. The first kappa shape index (κ1) is 16.9. The molecule has 0 aromatic heterocycles. The van der Waals surface area contributed by atoms with Crippen molar-refractivity contribution in [2.24, 2.45) is 0 Å². The van der Waals surface area contributed by atoms with E-state index < -0.39 is 21.5 Å². The Labute approximate surface area is 135 Å². The molecule has 0 amide bonds. The number of nitrogens with one attached hydrogen (secondary N) is 2. The third-order valence-corrected chi connectivity index (χ3v) is 4.22. The second-order valence-corrected chi connectivity index (χ2v) is 6.16. The summed E-state index contributed by atoms with van der Waals surface area (Å²) in [5.41, 5.74) is 1.62. The van der Waals surface area contributed by atoms with Crippen LogP contribution >= 0.6 is 0 Å². The number of hydrogen-bond acceptors (Lipinski definition) is 5. The van der Waals surface area contributed by atoms with Gasteiger partial charge < -0.3 is 10.6 Å². The fourth-order valence-electron chi connectivity index (χ4n) is 2.10. The van der Waals surface area contributed by atoms with E-state index in [2.05, 4.69) is 10.6 Å². The van der Waals surface area contributed by atoms with Crippen molar-refractivity contribution in [3.05, 3.63) is 57.9 Å². The van der Waals surface area contributed by atoms with Crippen molar-refractivity contribution in [3.63, 3.8) is 0 Å². The predicted molar refractivity (Wildman–Crippen MR) is 88.7 cm³/mol. The summed E-state index contributed by atoms with van der Waals surface area (Å²) in [6.07, 6.45) is 1.41. The van der Waals surface area contributed by atoms with Gasteiger partial charge in [-0.05, 0) is 29.8 Å². The number of hydrogen-bond donors (Lipinski definition) is 2. The SMILES string of the molecule is CNc1ccc(CNc2ccc(S(C)=O)c(F)c2)cc1[N+](=O)[O-]. The lowest BCUT2D eigenvalue weighted by Crippen LogP contribution is -2.03. The van der Waals surface area contributed by atoms with Crippen LogP contribution in [0, 0.1) is 15.9 Å². The molecule has 1 unspecified atom stereocenters. The Hall–Kier alpha value is -2.48. The molecule has 2 aromatic rings. The molecule has 0 heterocycles. The Morgan fingerprint density at radius 2 is 2.00 bits per heavy atom. The summed E-state index contributed by atoms with van der Waals surface area (Å²) in [7, 11) is 0.228. The Bertz CT molecular complexity index is 768. The quantitative estimate of drug-likeness (QED) is 0.625. The molecule has 8 heteroatoms. The lowest BCUT2D eigenvalue weighted by Gasteiger charge is -2.09. The van der Waals surface area contributed by atoms with Crippen LogP contribution < -0.4 is 10.6 Å². The largest absolute Gasteiger partial charge is 0.383 e. The molecule has 0 aliphatic carbocycles. The first-order valence-electron chi connectivity index (χ1n) is 6.74. The fourth-order valence-corrected chi connectivity index (χ4v) is 2.69.